The Hall–Kier alpha value is -2.61. The molecule has 0 aliphatic carbocycles. The zero-order chi connectivity index (χ0) is 12.1. The maximum atomic E-state index is 11.8. The summed E-state index contributed by atoms with van der Waals surface area (Å²) in [6.45, 7) is 0. The first-order valence-electron chi connectivity index (χ1n) is 5.06. The van der Waals surface area contributed by atoms with Gasteiger partial charge in [0.2, 0.25) is 6.17 Å². The van der Waals surface area contributed by atoms with E-state index in [-0.39, 0.29) is 5.91 Å². The maximum Gasteiger partial charge on any atom is 0.253 e. The highest BCUT2D eigenvalue weighted by molar-refractivity contribution is 5.94. The first kappa shape index (κ1) is 10.9. The van der Waals surface area contributed by atoms with Crippen molar-refractivity contribution < 1.29 is 4.79 Å². The minimum atomic E-state index is -0.794. The fourth-order valence-electron chi connectivity index (χ4n) is 1.39. The molecule has 0 aliphatic rings. The zero-order valence-electron chi connectivity index (χ0n) is 8.95. The van der Waals surface area contributed by atoms with Crippen LogP contribution < -0.4 is 5.32 Å². The van der Waals surface area contributed by atoms with Crippen molar-refractivity contribution in [2.45, 2.75) is 6.17 Å². The third-order valence-corrected chi connectivity index (χ3v) is 2.22. The average molecular weight is 226 g/mol. The van der Waals surface area contributed by atoms with Gasteiger partial charge in [0, 0.05) is 18.0 Å². The molecule has 1 heterocycles. The molecule has 0 spiro atoms. The van der Waals surface area contributed by atoms with Gasteiger partial charge < -0.3 is 5.32 Å². The summed E-state index contributed by atoms with van der Waals surface area (Å²) in [5.74, 6) is -0.298. The van der Waals surface area contributed by atoms with E-state index in [4.69, 9.17) is 5.26 Å². The minimum absolute atomic E-state index is 0.298. The van der Waals surface area contributed by atoms with Crippen LogP contribution in [0, 0.1) is 11.3 Å². The van der Waals surface area contributed by atoms with Gasteiger partial charge in [-0.25, -0.2) is 4.68 Å². The number of hydrogen-bond acceptors (Lipinski definition) is 3. The molecule has 1 aromatic heterocycles. The lowest BCUT2D eigenvalue weighted by atomic mass is 10.2. The van der Waals surface area contributed by atoms with Gasteiger partial charge in [-0.05, 0) is 18.2 Å². The van der Waals surface area contributed by atoms with E-state index in [0.29, 0.717) is 5.56 Å². The van der Waals surface area contributed by atoms with Gasteiger partial charge in [-0.15, -0.1) is 0 Å². The lowest BCUT2D eigenvalue weighted by Crippen LogP contribution is -2.31. The van der Waals surface area contributed by atoms with E-state index in [1.54, 1.807) is 42.7 Å². The largest absolute Gasteiger partial charge is 0.318 e. The predicted molar refractivity (Wildman–Crippen MR) is 60.8 cm³/mol. The fraction of sp³-hybridized carbons (Fsp3) is 0.0833. The Morgan fingerprint density at radius 1 is 1.35 bits per heavy atom. The molecule has 0 aliphatic heterocycles. The van der Waals surface area contributed by atoms with E-state index >= 15 is 0 Å². The van der Waals surface area contributed by atoms with Crippen molar-refractivity contribution in [1.29, 1.82) is 5.26 Å². The second-order valence-corrected chi connectivity index (χ2v) is 3.36. The number of rotatable bonds is 3. The normalized spacial score (nSPS) is 11.5. The summed E-state index contributed by atoms with van der Waals surface area (Å²) < 4.78 is 1.39. The lowest BCUT2D eigenvalue weighted by molar-refractivity contribution is 0.0930. The quantitative estimate of drug-likeness (QED) is 0.858. The number of carbonyl (C=O) groups is 1. The van der Waals surface area contributed by atoms with Crippen LogP contribution in [0.3, 0.4) is 0 Å². The molecule has 1 N–H and O–H groups in total. The second-order valence-electron chi connectivity index (χ2n) is 3.36. The molecule has 84 valence electrons. The van der Waals surface area contributed by atoms with Gasteiger partial charge in [0.25, 0.3) is 5.91 Å². The van der Waals surface area contributed by atoms with Gasteiger partial charge in [0.15, 0.2) is 0 Å². The molecule has 0 saturated carbocycles. The smallest absolute Gasteiger partial charge is 0.253 e. The van der Waals surface area contributed by atoms with Crippen LogP contribution in [0.15, 0.2) is 48.8 Å². The van der Waals surface area contributed by atoms with E-state index < -0.39 is 6.17 Å². The highest BCUT2D eigenvalue weighted by Crippen LogP contribution is 2.03. The van der Waals surface area contributed by atoms with Gasteiger partial charge in [0.1, 0.15) is 6.07 Å². The molecule has 5 nitrogen and oxygen atoms in total. The molecule has 0 saturated heterocycles. The van der Waals surface area contributed by atoms with Crippen LogP contribution in [-0.4, -0.2) is 15.7 Å². The summed E-state index contributed by atoms with van der Waals surface area (Å²) >= 11 is 0. The molecule has 1 amide bonds. The van der Waals surface area contributed by atoms with Crippen LogP contribution in [0.4, 0.5) is 0 Å². The van der Waals surface area contributed by atoms with Crippen molar-refractivity contribution in [1.82, 2.24) is 15.1 Å². The zero-order valence-corrected chi connectivity index (χ0v) is 8.95. The number of amides is 1. The Morgan fingerprint density at radius 3 is 2.71 bits per heavy atom. The van der Waals surface area contributed by atoms with Gasteiger partial charge in [-0.3, -0.25) is 4.79 Å². The van der Waals surface area contributed by atoms with Crippen LogP contribution in [-0.2, 0) is 0 Å². The van der Waals surface area contributed by atoms with Crippen molar-refractivity contribution in [3.05, 3.63) is 54.4 Å². The number of hydrogen-bond donors (Lipinski definition) is 1. The van der Waals surface area contributed by atoms with Crippen LogP contribution in [0.2, 0.25) is 0 Å². The summed E-state index contributed by atoms with van der Waals surface area (Å²) in [6.07, 6.45) is 2.38. The summed E-state index contributed by atoms with van der Waals surface area (Å²) in [5, 5.41) is 15.5. The molecule has 0 bridgehead atoms. The van der Waals surface area contributed by atoms with Crippen molar-refractivity contribution >= 4 is 5.91 Å². The number of benzene rings is 1. The highest BCUT2D eigenvalue weighted by Gasteiger charge is 2.13. The third kappa shape index (κ3) is 2.49. The SMILES string of the molecule is N#CC(NC(=O)c1ccccc1)n1cccn1. The number of nitriles is 1. The van der Waals surface area contributed by atoms with Crippen molar-refractivity contribution in [2.75, 3.05) is 0 Å². The Morgan fingerprint density at radius 2 is 2.12 bits per heavy atom. The van der Waals surface area contributed by atoms with E-state index in [0.717, 1.165) is 0 Å². The molecule has 17 heavy (non-hydrogen) atoms. The molecule has 1 unspecified atom stereocenters. The number of aromatic nitrogens is 2. The molecular formula is C12H10N4O. The molecule has 0 fully saturated rings. The third-order valence-electron chi connectivity index (χ3n) is 2.22. The minimum Gasteiger partial charge on any atom is -0.318 e. The van der Waals surface area contributed by atoms with Crippen molar-refractivity contribution in [2.24, 2.45) is 0 Å². The molecule has 0 radical (unpaired) electrons. The van der Waals surface area contributed by atoms with Crippen molar-refractivity contribution in [3.8, 4) is 6.07 Å². The Bertz CT molecular complexity index is 527. The van der Waals surface area contributed by atoms with E-state index in [2.05, 4.69) is 10.4 Å². The summed E-state index contributed by atoms with van der Waals surface area (Å²) in [4.78, 5) is 11.8. The highest BCUT2D eigenvalue weighted by atomic mass is 16.1. The number of nitrogens with one attached hydrogen (secondary N) is 1. The Balaban J connectivity index is 2.11. The molecule has 1 atom stereocenters. The first-order chi connectivity index (χ1) is 8.31. The molecule has 5 heteroatoms. The molecule has 1 aromatic carbocycles. The number of carbonyl (C=O) groups excluding carboxylic acids is 1. The molecular weight excluding hydrogens is 216 g/mol. The lowest BCUT2D eigenvalue weighted by Gasteiger charge is -2.11. The Labute approximate surface area is 98.3 Å². The van der Waals surface area contributed by atoms with Gasteiger partial charge >= 0.3 is 0 Å². The second kappa shape index (κ2) is 4.94. The summed E-state index contributed by atoms with van der Waals surface area (Å²) in [5.41, 5.74) is 0.514. The van der Waals surface area contributed by atoms with E-state index in [1.165, 1.54) is 4.68 Å². The fourth-order valence-corrected chi connectivity index (χ4v) is 1.39. The van der Waals surface area contributed by atoms with Crippen LogP contribution in [0.5, 0.6) is 0 Å². The maximum absolute atomic E-state index is 11.8. The van der Waals surface area contributed by atoms with Crippen LogP contribution in [0.25, 0.3) is 0 Å². The van der Waals surface area contributed by atoms with Gasteiger partial charge in [0.05, 0.1) is 0 Å². The van der Waals surface area contributed by atoms with Crippen LogP contribution in [0.1, 0.15) is 16.5 Å². The van der Waals surface area contributed by atoms with Crippen LogP contribution >= 0.6 is 0 Å². The topological polar surface area (TPSA) is 70.7 Å². The first-order valence-corrected chi connectivity index (χ1v) is 5.06. The monoisotopic (exact) mass is 226 g/mol. The Kier molecular flexibility index (Phi) is 3.17. The summed E-state index contributed by atoms with van der Waals surface area (Å²) in [7, 11) is 0. The van der Waals surface area contributed by atoms with E-state index in [9.17, 15) is 4.79 Å². The van der Waals surface area contributed by atoms with Gasteiger partial charge in [-0.2, -0.15) is 10.4 Å². The van der Waals surface area contributed by atoms with E-state index in [1.807, 2.05) is 12.1 Å². The van der Waals surface area contributed by atoms with Gasteiger partial charge in [-0.1, -0.05) is 18.2 Å². The summed E-state index contributed by atoms with van der Waals surface area (Å²) in [6, 6.07) is 12.4. The predicted octanol–water partition coefficient (Wildman–Crippen LogP) is 1.34. The molecule has 2 aromatic rings. The number of nitrogens with zero attached hydrogens (tertiary/aromatic N) is 3. The standard InChI is InChI=1S/C12H10N4O/c13-9-11(16-8-4-7-14-16)15-12(17)10-5-2-1-3-6-10/h1-8,11H,(H,15,17). The van der Waals surface area contributed by atoms with Crippen molar-refractivity contribution in [3.63, 3.8) is 0 Å². The molecule has 2 rings (SSSR count). The average Bonchev–Trinajstić information content (AvgIpc) is 2.90.